The number of aromatic amines is 1. The summed E-state index contributed by atoms with van der Waals surface area (Å²) >= 11 is 0. The van der Waals surface area contributed by atoms with Gasteiger partial charge in [0, 0.05) is 17.1 Å². The van der Waals surface area contributed by atoms with Crippen LogP contribution in [-0.2, 0) is 0 Å². The minimum absolute atomic E-state index is 0.188. The molecule has 1 nitrogen and oxygen atoms in total. The average molecular weight is 256 g/mol. The lowest BCUT2D eigenvalue weighted by atomic mass is 10.2. The van der Waals surface area contributed by atoms with E-state index in [0.29, 0.717) is 0 Å². The van der Waals surface area contributed by atoms with E-state index in [0.717, 1.165) is 10.9 Å². The summed E-state index contributed by atoms with van der Waals surface area (Å²) in [7, 11) is 4.87. The molecule has 0 radical (unpaired) electrons. The van der Waals surface area contributed by atoms with Crippen LogP contribution in [0.15, 0.2) is 30.5 Å². The van der Waals surface area contributed by atoms with Crippen LogP contribution in [-0.4, -0.2) is 10.9 Å². The summed E-state index contributed by atoms with van der Waals surface area (Å²) in [6.45, 7) is 1.74. The molecule has 0 spiro atoms. The topological polar surface area (TPSA) is 15.8 Å². The van der Waals surface area contributed by atoms with Gasteiger partial charge in [-0.1, -0.05) is 5.92 Å². The molecule has 1 atom stereocenters. The Morgan fingerprint density at radius 1 is 1.44 bits per heavy atom. The minimum Gasteiger partial charge on any atom is -0.361 e. The van der Waals surface area contributed by atoms with Crippen molar-refractivity contribution in [2.75, 3.05) is 0 Å². The van der Waals surface area contributed by atoms with Crippen LogP contribution in [0.1, 0.15) is 6.92 Å². The summed E-state index contributed by atoms with van der Waals surface area (Å²) in [6, 6.07) is 6.52. The molecule has 2 rings (SSSR count). The fourth-order valence-electron chi connectivity index (χ4n) is 1.13. The van der Waals surface area contributed by atoms with Crippen molar-refractivity contribution < 1.29 is 4.39 Å². The molecule has 0 saturated heterocycles. The van der Waals surface area contributed by atoms with E-state index in [2.05, 4.69) is 22.0 Å². The van der Waals surface area contributed by atoms with Gasteiger partial charge in [0.2, 0.25) is 0 Å². The highest BCUT2D eigenvalue weighted by Crippen LogP contribution is 2.12. The van der Waals surface area contributed by atoms with Crippen LogP contribution >= 0.6 is 20.4 Å². The van der Waals surface area contributed by atoms with Gasteiger partial charge in [0.25, 0.3) is 0 Å². The molecule has 1 unspecified atom stereocenters. The molecule has 1 N–H and O–H groups in total. The van der Waals surface area contributed by atoms with Gasteiger partial charge in [-0.3, -0.25) is 0 Å². The van der Waals surface area contributed by atoms with E-state index in [9.17, 15) is 4.39 Å². The van der Waals surface area contributed by atoms with E-state index < -0.39 is 9.70 Å². The van der Waals surface area contributed by atoms with Crippen LogP contribution in [0, 0.1) is 17.0 Å². The van der Waals surface area contributed by atoms with Crippen LogP contribution < -0.4 is 0 Å². The second-order valence-corrected chi connectivity index (χ2v) is 4.87. The number of halogens is 2. The van der Waals surface area contributed by atoms with Gasteiger partial charge < -0.3 is 4.98 Å². The molecular formula is C12H11ClFNS. The fraction of sp³-hybridized carbons (Fsp3) is 0.0833. The molecule has 1 aromatic carbocycles. The summed E-state index contributed by atoms with van der Waals surface area (Å²) in [6.07, 6.45) is 1.80. The maximum atomic E-state index is 12.5. The highest BCUT2D eigenvalue weighted by atomic mass is 35.7. The summed E-state index contributed by atoms with van der Waals surface area (Å²) < 4.78 is 12.5. The molecule has 0 amide bonds. The normalized spacial score (nSPS) is 10.9. The molecule has 16 heavy (non-hydrogen) atoms. The highest BCUT2D eigenvalue weighted by Gasteiger charge is 1.93. The van der Waals surface area contributed by atoms with Crippen LogP contribution in [0.25, 0.3) is 10.9 Å². The third kappa shape index (κ3) is 4.09. The maximum Gasteiger partial charge on any atom is 0.123 e. The first kappa shape index (κ1) is 12.8. The quantitative estimate of drug-likeness (QED) is 0.538. The van der Waals surface area contributed by atoms with Gasteiger partial charge in [0.1, 0.15) is 5.82 Å². The Morgan fingerprint density at radius 2 is 2.19 bits per heavy atom. The van der Waals surface area contributed by atoms with Crippen molar-refractivity contribution in [3.05, 3.63) is 36.3 Å². The van der Waals surface area contributed by atoms with Crippen molar-refractivity contribution in [2.45, 2.75) is 6.92 Å². The Kier molecular flexibility index (Phi) is 5.10. The van der Waals surface area contributed by atoms with Crippen molar-refractivity contribution in [1.82, 2.24) is 4.98 Å². The molecule has 84 valence electrons. The molecule has 0 aliphatic heterocycles. The van der Waals surface area contributed by atoms with Crippen molar-refractivity contribution >= 4 is 37.2 Å². The standard InChI is InChI=1S/C8H6FN.C4H5ClS/c9-7-1-2-8-6(5-7)3-4-10-8;1-3-4-6(2)5/h1-5,10H;2H2,1H3. The lowest BCUT2D eigenvalue weighted by Gasteiger charge is -1.87. The van der Waals surface area contributed by atoms with Crippen molar-refractivity contribution in [2.24, 2.45) is 0 Å². The van der Waals surface area contributed by atoms with E-state index in [1.807, 2.05) is 6.07 Å². The van der Waals surface area contributed by atoms with Gasteiger partial charge in [0.15, 0.2) is 0 Å². The number of hydrogen-bond acceptors (Lipinski definition) is 0. The molecular weight excluding hydrogens is 245 g/mol. The molecule has 0 saturated carbocycles. The van der Waals surface area contributed by atoms with Crippen LogP contribution in [0.5, 0.6) is 0 Å². The smallest absolute Gasteiger partial charge is 0.123 e. The van der Waals surface area contributed by atoms with Gasteiger partial charge in [-0.05, 0) is 62.7 Å². The zero-order valence-corrected chi connectivity index (χ0v) is 10.3. The SMILES string of the molecule is C=S(Cl)C#CC.Fc1ccc2[nH]ccc2c1. The summed E-state index contributed by atoms with van der Waals surface area (Å²) in [5.41, 5.74) is 0.974. The number of benzene rings is 1. The molecule has 0 aliphatic carbocycles. The first-order valence-corrected chi connectivity index (χ1v) is 6.70. The predicted octanol–water partition coefficient (Wildman–Crippen LogP) is 4.13. The molecule has 4 heteroatoms. The Morgan fingerprint density at radius 3 is 2.75 bits per heavy atom. The number of aromatic nitrogens is 1. The van der Waals surface area contributed by atoms with E-state index in [-0.39, 0.29) is 5.82 Å². The molecule has 0 bridgehead atoms. The van der Waals surface area contributed by atoms with Gasteiger partial charge in [-0.25, -0.2) is 4.39 Å². The number of hydrogen-bond donors (Lipinski definition) is 1. The number of fused-ring (bicyclic) bond motifs is 1. The maximum absolute atomic E-state index is 12.5. The molecule has 1 heterocycles. The van der Waals surface area contributed by atoms with Crippen molar-refractivity contribution in [3.8, 4) is 11.2 Å². The lowest BCUT2D eigenvalue weighted by Crippen LogP contribution is -1.70. The summed E-state index contributed by atoms with van der Waals surface area (Å²) in [5, 5.41) is 3.56. The number of nitrogens with one attached hydrogen (secondary N) is 1. The third-order valence-electron chi connectivity index (χ3n) is 1.73. The first-order valence-electron chi connectivity index (χ1n) is 4.48. The minimum atomic E-state index is -0.454. The third-order valence-corrected chi connectivity index (χ3v) is 2.39. The zero-order chi connectivity index (χ0) is 12.0. The van der Waals surface area contributed by atoms with Gasteiger partial charge in [-0.2, -0.15) is 0 Å². The largest absolute Gasteiger partial charge is 0.361 e. The highest BCUT2D eigenvalue weighted by molar-refractivity contribution is 8.37. The second-order valence-electron chi connectivity index (χ2n) is 2.89. The molecule has 1 aromatic heterocycles. The van der Waals surface area contributed by atoms with E-state index in [4.69, 9.17) is 10.7 Å². The van der Waals surface area contributed by atoms with Gasteiger partial charge in [-0.15, -0.1) is 0 Å². The van der Waals surface area contributed by atoms with Crippen LogP contribution in [0.2, 0.25) is 0 Å². The summed E-state index contributed by atoms with van der Waals surface area (Å²) in [4.78, 5) is 2.98. The number of rotatable bonds is 0. The first-order chi connectivity index (χ1) is 7.63. The van der Waals surface area contributed by atoms with Crippen molar-refractivity contribution in [1.29, 1.82) is 0 Å². The monoisotopic (exact) mass is 255 g/mol. The van der Waals surface area contributed by atoms with Crippen LogP contribution in [0.3, 0.4) is 0 Å². The molecule has 0 aliphatic rings. The van der Waals surface area contributed by atoms with E-state index in [1.165, 1.54) is 12.1 Å². The summed E-state index contributed by atoms with van der Waals surface area (Å²) in [5.74, 6) is 5.89. The average Bonchev–Trinajstić information content (AvgIpc) is 2.65. The zero-order valence-electron chi connectivity index (χ0n) is 8.76. The molecule has 2 aromatic rings. The second kappa shape index (κ2) is 6.37. The van der Waals surface area contributed by atoms with Crippen molar-refractivity contribution in [3.63, 3.8) is 0 Å². The van der Waals surface area contributed by atoms with E-state index >= 15 is 0 Å². The number of H-pyrrole nitrogens is 1. The predicted molar refractivity (Wildman–Crippen MR) is 72.3 cm³/mol. The van der Waals surface area contributed by atoms with Crippen LogP contribution in [0.4, 0.5) is 4.39 Å². The van der Waals surface area contributed by atoms with Gasteiger partial charge in [0.05, 0.1) is 0 Å². The molecule has 0 fully saturated rings. The Labute approximate surface area is 101 Å². The fourth-order valence-corrected chi connectivity index (χ4v) is 1.59. The lowest BCUT2D eigenvalue weighted by molar-refractivity contribution is 0.630. The Hall–Kier alpha value is -1.24. The van der Waals surface area contributed by atoms with Gasteiger partial charge >= 0.3 is 0 Å². The Bertz CT molecular complexity index is 551. The Balaban J connectivity index is 0.000000187. The van der Waals surface area contributed by atoms with E-state index in [1.54, 1.807) is 19.2 Å².